The van der Waals surface area contributed by atoms with Crippen molar-refractivity contribution in [1.29, 1.82) is 0 Å². The molecule has 3 rings (SSSR count). The molecular formula is C19H21N5OS. The molecular weight excluding hydrogens is 346 g/mol. The summed E-state index contributed by atoms with van der Waals surface area (Å²) in [5, 5.41) is 11.7. The summed E-state index contributed by atoms with van der Waals surface area (Å²) in [6.45, 7) is 4.19. The van der Waals surface area contributed by atoms with Gasteiger partial charge in [-0.15, -0.1) is 10.2 Å². The predicted octanol–water partition coefficient (Wildman–Crippen LogP) is 3.88. The zero-order chi connectivity index (χ0) is 18.5. The zero-order valence-electron chi connectivity index (χ0n) is 15.0. The van der Waals surface area contributed by atoms with Crippen LogP contribution in [0.25, 0.3) is 0 Å². The Kier molecular flexibility index (Phi) is 5.68. The summed E-state index contributed by atoms with van der Waals surface area (Å²) in [7, 11) is 1.91. The maximum Gasteiger partial charge on any atom is 0.274 e. The maximum atomic E-state index is 12.5. The molecule has 1 amide bonds. The maximum absolute atomic E-state index is 12.5. The van der Waals surface area contributed by atoms with Gasteiger partial charge in [-0.1, -0.05) is 37.7 Å². The Balaban J connectivity index is 1.67. The Bertz CT molecular complexity index is 906. The number of nitrogens with zero attached hydrogens (tertiary/aromatic N) is 4. The number of rotatable bonds is 6. The van der Waals surface area contributed by atoms with Crippen LogP contribution in [0.1, 0.15) is 41.4 Å². The van der Waals surface area contributed by atoms with Crippen LogP contribution in [0, 0.1) is 0 Å². The molecule has 0 radical (unpaired) electrons. The summed E-state index contributed by atoms with van der Waals surface area (Å²) >= 11 is 1.60. The second-order valence-electron chi connectivity index (χ2n) is 6.30. The van der Waals surface area contributed by atoms with Gasteiger partial charge in [0.2, 0.25) is 0 Å². The quantitative estimate of drug-likeness (QED) is 0.670. The van der Waals surface area contributed by atoms with Crippen LogP contribution < -0.4 is 5.32 Å². The largest absolute Gasteiger partial charge is 0.321 e. The molecule has 2 aromatic heterocycles. The molecule has 3 aromatic rings. The smallest absolute Gasteiger partial charge is 0.274 e. The molecule has 7 heteroatoms. The number of hydrogen-bond acceptors (Lipinski definition) is 5. The van der Waals surface area contributed by atoms with Gasteiger partial charge >= 0.3 is 0 Å². The van der Waals surface area contributed by atoms with E-state index < -0.39 is 0 Å². The van der Waals surface area contributed by atoms with Crippen molar-refractivity contribution in [3.63, 3.8) is 0 Å². The third-order valence-electron chi connectivity index (χ3n) is 3.91. The zero-order valence-corrected chi connectivity index (χ0v) is 15.8. The average molecular weight is 367 g/mol. The van der Waals surface area contributed by atoms with Gasteiger partial charge in [-0.3, -0.25) is 9.78 Å². The van der Waals surface area contributed by atoms with Crippen LogP contribution in [0.2, 0.25) is 0 Å². The minimum atomic E-state index is -0.203. The molecule has 1 aromatic carbocycles. The molecule has 2 heterocycles. The van der Waals surface area contributed by atoms with Crippen molar-refractivity contribution >= 4 is 23.4 Å². The van der Waals surface area contributed by atoms with Crippen molar-refractivity contribution in [3.8, 4) is 0 Å². The minimum absolute atomic E-state index is 0.203. The van der Waals surface area contributed by atoms with E-state index in [4.69, 9.17) is 0 Å². The van der Waals surface area contributed by atoms with Crippen LogP contribution >= 0.6 is 11.8 Å². The lowest BCUT2D eigenvalue weighted by atomic mass is 10.0. The van der Waals surface area contributed by atoms with Gasteiger partial charge in [-0.05, 0) is 41.3 Å². The molecule has 0 atom stereocenters. The monoisotopic (exact) mass is 367 g/mol. The van der Waals surface area contributed by atoms with Crippen molar-refractivity contribution in [3.05, 3.63) is 65.7 Å². The Morgan fingerprint density at radius 2 is 2.12 bits per heavy atom. The summed E-state index contributed by atoms with van der Waals surface area (Å²) in [6.07, 6.45) is 3.36. The van der Waals surface area contributed by atoms with Crippen LogP contribution in [0.4, 0.5) is 5.69 Å². The van der Waals surface area contributed by atoms with E-state index in [2.05, 4.69) is 34.3 Å². The Labute approximate surface area is 157 Å². The molecule has 0 bridgehead atoms. The Morgan fingerprint density at radius 1 is 1.27 bits per heavy atom. The molecule has 0 aliphatic rings. The average Bonchev–Trinajstić information content (AvgIpc) is 3.05. The molecule has 0 aliphatic carbocycles. The summed E-state index contributed by atoms with van der Waals surface area (Å²) in [5.74, 6) is 0.897. The van der Waals surface area contributed by atoms with Gasteiger partial charge in [0.25, 0.3) is 5.91 Å². The molecule has 26 heavy (non-hydrogen) atoms. The van der Waals surface area contributed by atoms with Crippen molar-refractivity contribution in [2.75, 3.05) is 5.32 Å². The third kappa shape index (κ3) is 4.49. The van der Waals surface area contributed by atoms with Crippen LogP contribution in [-0.4, -0.2) is 25.7 Å². The lowest BCUT2D eigenvalue weighted by Gasteiger charge is -2.09. The van der Waals surface area contributed by atoms with E-state index >= 15 is 0 Å². The molecule has 0 aliphatic heterocycles. The summed E-state index contributed by atoms with van der Waals surface area (Å²) in [4.78, 5) is 16.7. The fraction of sp³-hybridized carbons (Fsp3) is 0.263. The highest BCUT2D eigenvalue weighted by molar-refractivity contribution is 7.98. The summed E-state index contributed by atoms with van der Waals surface area (Å²) in [5.41, 5.74) is 3.37. The van der Waals surface area contributed by atoms with Crippen LogP contribution in [0.3, 0.4) is 0 Å². The van der Waals surface area contributed by atoms with Gasteiger partial charge in [0.1, 0.15) is 12.0 Å². The molecule has 134 valence electrons. The highest BCUT2D eigenvalue weighted by Crippen LogP contribution is 2.22. The predicted molar refractivity (Wildman–Crippen MR) is 103 cm³/mol. The van der Waals surface area contributed by atoms with Crippen LogP contribution in [0.15, 0.2) is 54.1 Å². The topological polar surface area (TPSA) is 72.7 Å². The van der Waals surface area contributed by atoms with Crippen LogP contribution in [-0.2, 0) is 12.8 Å². The fourth-order valence-corrected chi connectivity index (χ4v) is 3.25. The van der Waals surface area contributed by atoms with E-state index in [9.17, 15) is 4.79 Å². The van der Waals surface area contributed by atoms with Gasteiger partial charge in [0.05, 0.1) is 0 Å². The number of amides is 1. The van der Waals surface area contributed by atoms with Crippen LogP contribution in [0.5, 0.6) is 0 Å². The normalized spacial score (nSPS) is 10.9. The minimum Gasteiger partial charge on any atom is -0.321 e. The first kappa shape index (κ1) is 18.1. The lowest BCUT2D eigenvalue weighted by molar-refractivity contribution is 0.102. The number of carbonyl (C=O) groups is 1. The van der Waals surface area contributed by atoms with Crippen molar-refractivity contribution in [2.24, 2.45) is 7.05 Å². The first-order chi connectivity index (χ1) is 12.5. The second-order valence-corrected chi connectivity index (χ2v) is 7.24. The van der Waals surface area contributed by atoms with E-state index in [1.807, 2.05) is 48.0 Å². The molecule has 0 unspecified atom stereocenters. The number of hydrogen-bond donors (Lipinski definition) is 1. The first-order valence-corrected chi connectivity index (χ1v) is 9.34. The van der Waals surface area contributed by atoms with Gasteiger partial charge in [-0.2, -0.15) is 0 Å². The highest BCUT2D eigenvalue weighted by atomic mass is 32.2. The second kappa shape index (κ2) is 8.14. The standard InChI is InChI=1S/C19H21N5OS/c1-13(2)15-7-8-20-17(10-15)18(25)22-16-6-4-5-14(9-16)11-26-19-23-21-12-24(19)3/h4-10,12-13H,11H2,1-3H3,(H,22,25). The first-order valence-electron chi connectivity index (χ1n) is 8.36. The van der Waals surface area contributed by atoms with Gasteiger partial charge in [0.15, 0.2) is 5.16 Å². The molecule has 0 saturated heterocycles. The van der Waals surface area contributed by atoms with Crippen molar-refractivity contribution < 1.29 is 4.79 Å². The number of pyridine rings is 1. The molecule has 6 nitrogen and oxygen atoms in total. The van der Waals surface area contributed by atoms with Gasteiger partial charge in [0, 0.05) is 24.7 Å². The molecule has 0 fully saturated rings. The van der Waals surface area contributed by atoms with E-state index in [1.165, 1.54) is 0 Å². The number of benzene rings is 1. The summed E-state index contributed by atoms with van der Waals surface area (Å²) in [6, 6.07) is 11.6. The van der Waals surface area contributed by atoms with E-state index in [1.54, 1.807) is 24.3 Å². The molecule has 0 saturated carbocycles. The number of nitrogens with one attached hydrogen (secondary N) is 1. The Hall–Kier alpha value is -2.67. The van der Waals surface area contributed by atoms with Gasteiger partial charge in [-0.25, -0.2) is 0 Å². The van der Waals surface area contributed by atoms with E-state index in [0.717, 1.165) is 27.7 Å². The van der Waals surface area contributed by atoms with E-state index in [-0.39, 0.29) is 5.91 Å². The lowest BCUT2D eigenvalue weighted by Crippen LogP contribution is -2.14. The fourth-order valence-electron chi connectivity index (χ4n) is 2.42. The number of aryl methyl sites for hydroxylation is 1. The number of aromatic nitrogens is 4. The summed E-state index contributed by atoms with van der Waals surface area (Å²) < 4.78 is 1.88. The van der Waals surface area contributed by atoms with E-state index in [0.29, 0.717) is 11.6 Å². The van der Waals surface area contributed by atoms with Crippen molar-refractivity contribution in [2.45, 2.75) is 30.7 Å². The number of carbonyl (C=O) groups excluding carboxylic acids is 1. The molecule has 1 N–H and O–H groups in total. The molecule has 0 spiro atoms. The van der Waals surface area contributed by atoms with Gasteiger partial charge < -0.3 is 9.88 Å². The highest BCUT2D eigenvalue weighted by Gasteiger charge is 2.10. The third-order valence-corrected chi connectivity index (χ3v) is 5.01. The SMILES string of the molecule is CC(C)c1ccnc(C(=O)Nc2cccc(CSc3nncn3C)c2)c1. The number of thioether (sulfide) groups is 1. The Morgan fingerprint density at radius 3 is 2.85 bits per heavy atom. The van der Waals surface area contributed by atoms with Crippen molar-refractivity contribution in [1.82, 2.24) is 19.7 Å². The number of anilines is 1.